The van der Waals surface area contributed by atoms with Crippen molar-refractivity contribution in [2.24, 2.45) is 5.92 Å². The number of thiophene rings is 1. The van der Waals surface area contributed by atoms with E-state index in [1.807, 2.05) is 12.1 Å². The summed E-state index contributed by atoms with van der Waals surface area (Å²) in [6.07, 6.45) is 3.47. The third-order valence-electron chi connectivity index (χ3n) is 7.96. The Morgan fingerprint density at radius 2 is 1.95 bits per heavy atom. The average molecular weight is 532 g/mol. The molecule has 1 saturated carbocycles. The number of carbonyl (C=O) groups excluding carboxylic acids is 1. The number of rotatable bonds is 7. The van der Waals surface area contributed by atoms with Crippen LogP contribution in [0, 0.1) is 12.8 Å². The second-order valence-electron chi connectivity index (χ2n) is 10.7. The molecule has 4 aromatic rings. The number of nitrogens with one attached hydrogen (secondary N) is 1. The van der Waals surface area contributed by atoms with Crippen LogP contribution in [0.3, 0.4) is 0 Å². The molecule has 1 atom stereocenters. The van der Waals surface area contributed by atoms with Crippen molar-refractivity contribution >= 4 is 44.3 Å². The van der Waals surface area contributed by atoms with Crippen LogP contribution in [0.25, 0.3) is 31.6 Å². The monoisotopic (exact) mass is 531 g/mol. The molecular formula is C30H33N3O4S. The van der Waals surface area contributed by atoms with E-state index < -0.39 is 6.09 Å². The molecule has 3 heterocycles. The highest BCUT2D eigenvalue weighted by molar-refractivity contribution is 7.22. The lowest BCUT2D eigenvalue weighted by Crippen LogP contribution is -2.49. The molecule has 198 valence electrons. The van der Waals surface area contributed by atoms with Crippen molar-refractivity contribution in [1.29, 1.82) is 0 Å². The van der Waals surface area contributed by atoms with Gasteiger partial charge in [-0.1, -0.05) is 18.2 Å². The first-order valence-corrected chi connectivity index (χ1v) is 14.3. The molecule has 8 heteroatoms. The lowest BCUT2D eigenvalue weighted by molar-refractivity contribution is 0.0692. The number of para-hydroxylation sites is 1. The summed E-state index contributed by atoms with van der Waals surface area (Å²) in [7, 11) is 0. The zero-order valence-electron chi connectivity index (χ0n) is 21.6. The molecule has 0 bridgehead atoms. The first-order valence-electron chi connectivity index (χ1n) is 13.5. The maximum atomic E-state index is 13.6. The number of carboxylic acid groups (broad SMARTS) is 1. The summed E-state index contributed by atoms with van der Waals surface area (Å²) < 4.78 is 3.51. The zero-order valence-corrected chi connectivity index (χ0v) is 22.4. The molecule has 0 radical (unpaired) electrons. The van der Waals surface area contributed by atoms with Crippen LogP contribution in [-0.4, -0.2) is 57.4 Å². The number of piperidine rings is 1. The number of aromatic nitrogens is 1. The van der Waals surface area contributed by atoms with E-state index in [0.717, 1.165) is 41.0 Å². The predicted octanol–water partition coefficient (Wildman–Crippen LogP) is 5.65. The summed E-state index contributed by atoms with van der Waals surface area (Å²) in [6, 6.07) is 14.5. The molecule has 2 aromatic heterocycles. The zero-order chi connectivity index (χ0) is 26.4. The Hall–Kier alpha value is -3.36. The maximum Gasteiger partial charge on any atom is 0.404 e. The van der Waals surface area contributed by atoms with E-state index in [0.29, 0.717) is 25.1 Å². The van der Waals surface area contributed by atoms with E-state index in [2.05, 4.69) is 47.1 Å². The number of carbonyl (C=O) groups is 2. The highest BCUT2D eigenvalue weighted by atomic mass is 32.1. The van der Waals surface area contributed by atoms with Crippen molar-refractivity contribution in [2.75, 3.05) is 19.7 Å². The van der Waals surface area contributed by atoms with Crippen LogP contribution in [0.4, 0.5) is 4.79 Å². The molecule has 0 spiro atoms. The summed E-state index contributed by atoms with van der Waals surface area (Å²) in [4.78, 5) is 27.7. The Morgan fingerprint density at radius 1 is 1.13 bits per heavy atom. The maximum absolute atomic E-state index is 13.6. The van der Waals surface area contributed by atoms with E-state index in [-0.39, 0.29) is 18.6 Å². The normalized spacial score (nSPS) is 17.8. The van der Waals surface area contributed by atoms with Crippen molar-refractivity contribution < 1.29 is 19.8 Å². The number of aryl methyl sites for hydroxylation is 1. The van der Waals surface area contributed by atoms with Gasteiger partial charge in [-0.05, 0) is 85.7 Å². The molecule has 6 rings (SSSR count). The number of likely N-dealkylation sites (tertiary alicyclic amines) is 1. The van der Waals surface area contributed by atoms with Crippen molar-refractivity contribution in [3.8, 4) is 10.6 Å². The van der Waals surface area contributed by atoms with E-state index >= 15 is 0 Å². The number of aliphatic hydroxyl groups excluding tert-OH is 1. The number of hydrogen-bond acceptors (Lipinski definition) is 4. The Kier molecular flexibility index (Phi) is 6.61. The Balaban J connectivity index is 1.42. The minimum Gasteiger partial charge on any atom is -0.465 e. The summed E-state index contributed by atoms with van der Waals surface area (Å²) >= 11 is 1.72. The molecular weight excluding hydrogens is 498 g/mol. The fraction of sp³-hybridized carbons (Fsp3) is 0.400. The summed E-state index contributed by atoms with van der Waals surface area (Å²) in [5.74, 6) is 0.649. The van der Waals surface area contributed by atoms with Crippen molar-refractivity contribution in [3.05, 3.63) is 59.2 Å². The molecule has 38 heavy (non-hydrogen) atoms. The van der Waals surface area contributed by atoms with Gasteiger partial charge in [-0.3, -0.25) is 4.79 Å². The van der Waals surface area contributed by atoms with Gasteiger partial charge < -0.3 is 25.0 Å². The molecule has 3 N–H and O–H groups in total. The van der Waals surface area contributed by atoms with Crippen molar-refractivity contribution in [3.63, 3.8) is 0 Å². The summed E-state index contributed by atoms with van der Waals surface area (Å²) in [6.45, 7) is 4.16. The number of aliphatic hydroxyl groups is 1. The molecule has 2 amide bonds. The van der Waals surface area contributed by atoms with Gasteiger partial charge in [0.05, 0.1) is 10.6 Å². The first kappa shape index (κ1) is 24.9. The van der Waals surface area contributed by atoms with Crippen molar-refractivity contribution in [1.82, 2.24) is 14.8 Å². The quantitative estimate of drug-likeness (QED) is 0.287. The second-order valence-corrected chi connectivity index (χ2v) is 11.8. The van der Waals surface area contributed by atoms with Gasteiger partial charge in [0.15, 0.2) is 0 Å². The van der Waals surface area contributed by atoms with E-state index in [4.69, 9.17) is 5.11 Å². The number of amides is 2. The number of benzene rings is 2. The highest BCUT2D eigenvalue weighted by Gasteiger charge is 2.28. The lowest BCUT2D eigenvalue weighted by Gasteiger charge is -2.32. The largest absolute Gasteiger partial charge is 0.465 e. The van der Waals surface area contributed by atoms with E-state index in [9.17, 15) is 14.7 Å². The van der Waals surface area contributed by atoms with Crippen LogP contribution in [-0.2, 0) is 13.0 Å². The third kappa shape index (κ3) is 4.67. The van der Waals surface area contributed by atoms with Crippen LogP contribution in [0.5, 0.6) is 0 Å². The molecule has 0 unspecified atom stereocenters. The van der Waals surface area contributed by atoms with Crippen LogP contribution in [0.2, 0.25) is 0 Å². The summed E-state index contributed by atoms with van der Waals surface area (Å²) in [5, 5.41) is 23.9. The minimum atomic E-state index is -1.06. The number of nitrogens with zero attached hydrogens (tertiary/aromatic N) is 2. The number of hydrogen-bond donors (Lipinski definition) is 3. The molecule has 2 aliphatic rings. The van der Waals surface area contributed by atoms with Crippen LogP contribution >= 0.6 is 11.3 Å². The summed E-state index contributed by atoms with van der Waals surface area (Å²) in [5.41, 5.74) is 5.25. The lowest BCUT2D eigenvalue weighted by atomic mass is 9.98. The molecule has 2 fully saturated rings. The molecule has 1 aliphatic heterocycles. The van der Waals surface area contributed by atoms with Crippen molar-refractivity contribution in [2.45, 2.75) is 51.6 Å². The van der Waals surface area contributed by atoms with Gasteiger partial charge in [0.1, 0.15) is 0 Å². The van der Waals surface area contributed by atoms with Gasteiger partial charge in [-0.2, -0.15) is 0 Å². The fourth-order valence-electron chi connectivity index (χ4n) is 5.96. The Morgan fingerprint density at radius 3 is 2.71 bits per heavy atom. The van der Waals surface area contributed by atoms with Crippen LogP contribution < -0.4 is 5.32 Å². The Labute approximate surface area is 225 Å². The SMILES string of the molecule is Cc1c(-c2cc3ccccc3n2CC2CC2)sc2cc(C(=O)N3CCC[C@@H](NC(=O)O)C3)cc(CCO)c12. The van der Waals surface area contributed by atoms with Gasteiger partial charge in [-0.25, -0.2) is 4.79 Å². The van der Waals surface area contributed by atoms with Gasteiger partial charge in [0, 0.05) is 53.4 Å². The van der Waals surface area contributed by atoms with E-state index in [1.54, 1.807) is 16.2 Å². The van der Waals surface area contributed by atoms with Gasteiger partial charge in [0.2, 0.25) is 0 Å². The van der Waals surface area contributed by atoms with Gasteiger partial charge in [-0.15, -0.1) is 11.3 Å². The van der Waals surface area contributed by atoms with Gasteiger partial charge >= 0.3 is 6.09 Å². The molecule has 1 saturated heterocycles. The highest BCUT2D eigenvalue weighted by Crippen LogP contribution is 2.44. The fourth-order valence-corrected chi connectivity index (χ4v) is 7.28. The van der Waals surface area contributed by atoms with E-state index in [1.165, 1.54) is 39.9 Å². The molecule has 7 nitrogen and oxygen atoms in total. The van der Waals surface area contributed by atoms with Crippen LogP contribution in [0.1, 0.15) is 47.2 Å². The number of fused-ring (bicyclic) bond motifs is 2. The molecule has 2 aromatic carbocycles. The van der Waals surface area contributed by atoms with Gasteiger partial charge in [0.25, 0.3) is 5.91 Å². The third-order valence-corrected chi connectivity index (χ3v) is 9.22. The van der Waals surface area contributed by atoms with Crippen LogP contribution in [0.15, 0.2) is 42.5 Å². The molecule has 1 aliphatic carbocycles. The average Bonchev–Trinajstić information content (AvgIpc) is 3.57. The first-order chi connectivity index (χ1) is 18.4. The second kappa shape index (κ2) is 10.1. The smallest absolute Gasteiger partial charge is 0.404 e. The predicted molar refractivity (Wildman–Crippen MR) is 151 cm³/mol. The Bertz CT molecular complexity index is 1530. The topological polar surface area (TPSA) is 94.8 Å². The minimum absolute atomic E-state index is 0.00757. The standard InChI is InChI=1S/C30H33N3O4S/c1-18-27-21(10-12-34)13-22(29(35)32-11-4-6-23(17-32)31-30(36)37)15-26(27)38-28(18)25-14-20-5-2-3-7-24(20)33(25)16-19-8-9-19/h2-3,5,7,13-15,19,23,31,34H,4,6,8-12,16-17H2,1H3,(H,36,37)/t23-/m1/s1.